The second-order valence-corrected chi connectivity index (χ2v) is 8.73. The predicted octanol–water partition coefficient (Wildman–Crippen LogP) is 6.81. The highest BCUT2D eigenvalue weighted by molar-refractivity contribution is 7.22. The van der Waals surface area contributed by atoms with Crippen molar-refractivity contribution < 1.29 is 4.79 Å². The number of benzene rings is 2. The molecule has 2 heterocycles. The number of nitrogens with zero attached hydrogens (tertiary/aromatic N) is 3. The Morgan fingerprint density at radius 1 is 1.03 bits per heavy atom. The summed E-state index contributed by atoms with van der Waals surface area (Å²) in [5.74, 6) is -0.280. The highest BCUT2D eigenvalue weighted by Gasteiger charge is 2.24. The van der Waals surface area contributed by atoms with Crippen molar-refractivity contribution in [2.45, 2.75) is 13.5 Å². The van der Waals surface area contributed by atoms with Gasteiger partial charge in [0.2, 0.25) is 0 Å². The van der Waals surface area contributed by atoms with Crippen LogP contribution in [0.2, 0.25) is 15.1 Å². The smallest absolute Gasteiger partial charge is 0.261 e. The lowest BCUT2D eigenvalue weighted by Crippen LogP contribution is -2.30. The number of thiazole rings is 1. The Morgan fingerprint density at radius 3 is 2.55 bits per heavy atom. The molecule has 146 valence electrons. The fourth-order valence-electron chi connectivity index (χ4n) is 2.96. The van der Waals surface area contributed by atoms with Crippen LogP contribution in [0.3, 0.4) is 0 Å². The van der Waals surface area contributed by atoms with Gasteiger partial charge < -0.3 is 0 Å². The Morgan fingerprint density at radius 2 is 1.79 bits per heavy atom. The zero-order valence-corrected chi connectivity index (χ0v) is 18.3. The number of rotatable bonds is 4. The molecule has 4 aromatic rings. The Labute approximate surface area is 186 Å². The molecule has 0 fully saturated rings. The van der Waals surface area contributed by atoms with Crippen molar-refractivity contribution in [3.8, 4) is 0 Å². The second-order valence-electron chi connectivity index (χ2n) is 6.44. The molecule has 0 aliphatic carbocycles. The molecule has 0 saturated carbocycles. The van der Waals surface area contributed by atoms with Crippen molar-refractivity contribution in [2.75, 3.05) is 4.90 Å². The zero-order chi connectivity index (χ0) is 20.5. The van der Waals surface area contributed by atoms with Crippen molar-refractivity contribution in [3.05, 3.63) is 86.6 Å². The van der Waals surface area contributed by atoms with Gasteiger partial charge in [0.1, 0.15) is 0 Å². The summed E-state index contributed by atoms with van der Waals surface area (Å²) in [5, 5.41) is 1.96. The van der Waals surface area contributed by atoms with Gasteiger partial charge in [-0.05, 0) is 60.5 Å². The van der Waals surface area contributed by atoms with E-state index in [1.54, 1.807) is 35.5 Å². The van der Waals surface area contributed by atoms with E-state index in [0.717, 1.165) is 21.3 Å². The summed E-state index contributed by atoms with van der Waals surface area (Å²) in [6.07, 6.45) is 3.37. The third-order valence-electron chi connectivity index (χ3n) is 4.36. The summed E-state index contributed by atoms with van der Waals surface area (Å²) in [6.45, 7) is 2.26. The Bertz CT molecular complexity index is 1210. The van der Waals surface area contributed by atoms with Gasteiger partial charge in [-0.1, -0.05) is 46.1 Å². The van der Waals surface area contributed by atoms with Crippen LogP contribution >= 0.6 is 46.1 Å². The molecular formula is C21H14Cl3N3OS. The molecule has 0 aliphatic heterocycles. The summed E-state index contributed by atoms with van der Waals surface area (Å²) in [7, 11) is 0. The normalized spacial score (nSPS) is 11.0. The maximum atomic E-state index is 13.5. The number of fused-ring (bicyclic) bond motifs is 1. The molecular weight excluding hydrogens is 449 g/mol. The van der Waals surface area contributed by atoms with Crippen LogP contribution in [0.4, 0.5) is 5.13 Å². The molecule has 0 aliphatic rings. The lowest BCUT2D eigenvalue weighted by molar-refractivity contribution is 0.0985. The summed E-state index contributed by atoms with van der Waals surface area (Å²) in [6, 6.07) is 12.3. The molecule has 29 heavy (non-hydrogen) atoms. The molecule has 0 N–H and O–H groups in total. The largest absolute Gasteiger partial charge is 0.279 e. The van der Waals surface area contributed by atoms with E-state index >= 15 is 0 Å². The molecule has 0 spiro atoms. The van der Waals surface area contributed by atoms with E-state index in [1.165, 1.54) is 11.3 Å². The molecule has 2 aromatic heterocycles. The number of carbonyl (C=O) groups excluding carboxylic acids is 1. The summed E-state index contributed by atoms with van der Waals surface area (Å²) in [5.41, 5.74) is 3.01. The first-order chi connectivity index (χ1) is 13.9. The molecule has 4 rings (SSSR count). The first kappa shape index (κ1) is 20.1. The predicted molar refractivity (Wildman–Crippen MR) is 121 cm³/mol. The lowest BCUT2D eigenvalue weighted by Gasteiger charge is -2.20. The van der Waals surface area contributed by atoms with Gasteiger partial charge in [0.15, 0.2) is 5.13 Å². The van der Waals surface area contributed by atoms with Gasteiger partial charge >= 0.3 is 0 Å². The van der Waals surface area contributed by atoms with E-state index < -0.39 is 0 Å². The van der Waals surface area contributed by atoms with Crippen LogP contribution in [0.25, 0.3) is 10.2 Å². The Balaban J connectivity index is 1.83. The van der Waals surface area contributed by atoms with E-state index in [4.69, 9.17) is 39.8 Å². The minimum absolute atomic E-state index is 0.280. The van der Waals surface area contributed by atoms with Crippen LogP contribution in [0, 0.1) is 6.92 Å². The highest BCUT2D eigenvalue weighted by atomic mass is 35.5. The summed E-state index contributed by atoms with van der Waals surface area (Å²) < 4.78 is 0.912. The van der Waals surface area contributed by atoms with Gasteiger partial charge in [0.05, 0.1) is 27.3 Å². The number of halogens is 3. The van der Waals surface area contributed by atoms with Gasteiger partial charge in [-0.3, -0.25) is 14.7 Å². The minimum atomic E-state index is -0.280. The van der Waals surface area contributed by atoms with E-state index in [-0.39, 0.29) is 5.91 Å². The third-order valence-corrected chi connectivity index (χ3v) is 6.17. The lowest BCUT2D eigenvalue weighted by atomic mass is 10.2. The van der Waals surface area contributed by atoms with Crippen LogP contribution < -0.4 is 4.90 Å². The quantitative estimate of drug-likeness (QED) is 0.335. The van der Waals surface area contributed by atoms with Crippen molar-refractivity contribution in [1.82, 2.24) is 9.97 Å². The molecule has 2 aromatic carbocycles. The number of hydrogen-bond acceptors (Lipinski definition) is 4. The summed E-state index contributed by atoms with van der Waals surface area (Å²) >= 11 is 20.0. The topological polar surface area (TPSA) is 46.1 Å². The van der Waals surface area contributed by atoms with Crippen molar-refractivity contribution >= 4 is 67.4 Å². The van der Waals surface area contributed by atoms with E-state index in [1.807, 2.05) is 31.2 Å². The first-order valence-electron chi connectivity index (χ1n) is 8.65. The fraction of sp³-hybridized carbons (Fsp3) is 0.0952. The Kier molecular flexibility index (Phi) is 5.74. The first-order valence-corrected chi connectivity index (χ1v) is 10.6. The van der Waals surface area contributed by atoms with Gasteiger partial charge in [0.25, 0.3) is 5.91 Å². The van der Waals surface area contributed by atoms with Crippen molar-refractivity contribution in [3.63, 3.8) is 0 Å². The van der Waals surface area contributed by atoms with E-state index in [0.29, 0.717) is 32.3 Å². The van der Waals surface area contributed by atoms with E-state index in [2.05, 4.69) is 4.98 Å². The maximum absolute atomic E-state index is 13.5. The van der Waals surface area contributed by atoms with Gasteiger partial charge in [-0.15, -0.1) is 0 Å². The standard InChI is InChI=1S/C21H14Cl3N3OS/c1-12-8-15(23)10-18-19(12)26-21(29-18)27(11-13-4-6-25-7-5-13)20(28)16-9-14(22)2-3-17(16)24/h2-10H,11H2,1H3. The molecule has 4 nitrogen and oxygen atoms in total. The second kappa shape index (κ2) is 8.28. The molecule has 0 saturated heterocycles. The van der Waals surface area contributed by atoms with Crippen molar-refractivity contribution in [1.29, 1.82) is 0 Å². The van der Waals surface area contributed by atoms with Crippen molar-refractivity contribution in [2.24, 2.45) is 0 Å². The van der Waals surface area contributed by atoms with E-state index in [9.17, 15) is 4.79 Å². The van der Waals surface area contributed by atoms with Crippen LogP contribution in [0.5, 0.6) is 0 Å². The third kappa shape index (κ3) is 4.23. The average Bonchev–Trinajstić information content (AvgIpc) is 3.12. The number of carbonyl (C=O) groups is 1. The van der Waals surface area contributed by atoms with Crippen LogP contribution in [0.15, 0.2) is 54.9 Å². The monoisotopic (exact) mass is 461 g/mol. The number of hydrogen-bond donors (Lipinski definition) is 0. The number of aryl methyl sites for hydroxylation is 1. The van der Waals surface area contributed by atoms with Gasteiger partial charge in [0, 0.05) is 22.4 Å². The number of anilines is 1. The molecule has 1 amide bonds. The number of pyridine rings is 1. The van der Waals surface area contributed by atoms with Crippen LogP contribution in [-0.4, -0.2) is 15.9 Å². The fourth-order valence-corrected chi connectivity index (χ4v) is 4.75. The molecule has 0 radical (unpaired) electrons. The summed E-state index contributed by atoms with van der Waals surface area (Å²) in [4.78, 5) is 23.8. The van der Waals surface area contributed by atoms with Gasteiger partial charge in [-0.25, -0.2) is 4.98 Å². The molecule has 0 bridgehead atoms. The number of amides is 1. The molecule has 0 unspecified atom stereocenters. The molecule has 0 atom stereocenters. The number of aromatic nitrogens is 2. The van der Waals surface area contributed by atoms with Gasteiger partial charge in [-0.2, -0.15) is 0 Å². The zero-order valence-electron chi connectivity index (χ0n) is 15.2. The van der Waals surface area contributed by atoms with Crippen LogP contribution in [0.1, 0.15) is 21.5 Å². The molecule has 8 heteroatoms. The highest BCUT2D eigenvalue weighted by Crippen LogP contribution is 2.35. The maximum Gasteiger partial charge on any atom is 0.261 e. The SMILES string of the molecule is Cc1cc(Cl)cc2sc(N(Cc3ccncc3)C(=O)c3cc(Cl)ccc3Cl)nc12. The van der Waals surface area contributed by atoms with Crippen LogP contribution in [-0.2, 0) is 6.54 Å². The average molecular weight is 463 g/mol. The minimum Gasteiger partial charge on any atom is -0.279 e. The Hall–Kier alpha value is -2.18.